The number of nitrogens with zero attached hydrogens (tertiary/aromatic N) is 5. The summed E-state index contributed by atoms with van der Waals surface area (Å²) in [4.78, 5) is 32.4. The summed E-state index contributed by atoms with van der Waals surface area (Å²) in [5.74, 6) is -0.337. The van der Waals surface area contributed by atoms with Gasteiger partial charge in [-0.2, -0.15) is 5.10 Å². The molecule has 0 radical (unpaired) electrons. The maximum absolute atomic E-state index is 12.0. The molecule has 2 aromatic heterocycles. The fourth-order valence-corrected chi connectivity index (χ4v) is 3.61. The van der Waals surface area contributed by atoms with Crippen molar-refractivity contribution in [2.24, 2.45) is 4.99 Å². The molecule has 0 aliphatic carbocycles. The molecule has 0 atom stereocenters. The molecule has 0 fully saturated rings. The maximum Gasteiger partial charge on any atom is 0.408 e. The Balaban J connectivity index is 1.51. The predicted molar refractivity (Wildman–Crippen MR) is 133 cm³/mol. The Morgan fingerprint density at radius 3 is 2.69 bits per heavy atom. The first kappa shape index (κ1) is 26.2. The lowest BCUT2D eigenvalue weighted by atomic mass is 10.0. The van der Waals surface area contributed by atoms with Gasteiger partial charge in [-0.1, -0.05) is 11.6 Å². The summed E-state index contributed by atoms with van der Waals surface area (Å²) in [7, 11) is 0. The standard InChI is InChI=1S/C23H31ClN8O3/c1-22(2,3)35-21(34)28-12-19(33)27-9-16-10-29-32(13-16)17-11-25-15-31(14-17)30-23(4,5)20-18(24)7-6-8-26-20/h6-8,10-11,13,15,30H,9,12,14H2,1-5H3,(H,27,33)(H,28,34). The highest BCUT2D eigenvalue weighted by molar-refractivity contribution is 6.31. The summed E-state index contributed by atoms with van der Waals surface area (Å²) in [6.07, 6.45) is 7.95. The first-order valence-electron chi connectivity index (χ1n) is 11.1. The number of pyridine rings is 1. The van der Waals surface area contributed by atoms with Crippen molar-refractivity contribution in [3.8, 4) is 0 Å². The number of halogens is 1. The van der Waals surface area contributed by atoms with E-state index in [4.69, 9.17) is 16.3 Å². The third-order valence-electron chi connectivity index (χ3n) is 4.75. The van der Waals surface area contributed by atoms with E-state index in [-0.39, 0.29) is 19.0 Å². The van der Waals surface area contributed by atoms with Crippen LogP contribution in [0.3, 0.4) is 0 Å². The lowest BCUT2D eigenvalue weighted by molar-refractivity contribution is -0.120. The molecule has 35 heavy (non-hydrogen) atoms. The molecule has 0 saturated heterocycles. The maximum atomic E-state index is 12.0. The van der Waals surface area contributed by atoms with Crippen molar-refractivity contribution in [1.29, 1.82) is 0 Å². The second kappa shape index (κ2) is 10.9. The molecule has 3 N–H and O–H groups in total. The van der Waals surface area contributed by atoms with Crippen LogP contribution in [-0.2, 0) is 21.6 Å². The Morgan fingerprint density at radius 2 is 1.97 bits per heavy atom. The highest BCUT2D eigenvalue weighted by atomic mass is 35.5. The van der Waals surface area contributed by atoms with E-state index >= 15 is 0 Å². The number of carbonyl (C=O) groups is 2. The lowest BCUT2D eigenvalue weighted by Crippen LogP contribution is -2.50. The van der Waals surface area contributed by atoms with Crippen molar-refractivity contribution >= 4 is 35.6 Å². The average molecular weight is 503 g/mol. The average Bonchev–Trinajstić information content (AvgIpc) is 3.24. The fraction of sp³-hybridized carbons (Fsp3) is 0.435. The molecule has 11 nitrogen and oxygen atoms in total. The third kappa shape index (κ3) is 7.79. The highest BCUT2D eigenvalue weighted by Crippen LogP contribution is 2.26. The molecule has 0 saturated carbocycles. The SMILES string of the molecule is CC(C)(C)OC(=O)NCC(=O)NCc1cnn(C2=CN=CN(NC(C)(C)c3ncccc3Cl)C2)c1. The fourth-order valence-electron chi connectivity index (χ4n) is 3.25. The number of hydrazine groups is 1. The van der Waals surface area contributed by atoms with Crippen molar-refractivity contribution in [2.75, 3.05) is 13.1 Å². The van der Waals surface area contributed by atoms with Crippen LogP contribution in [0, 0.1) is 0 Å². The highest BCUT2D eigenvalue weighted by Gasteiger charge is 2.27. The predicted octanol–water partition coefficient (Wildman–Crippen LogP) is 2.65. The molecule has 12 heteroatoms. The van der Waals surface area contributed by atoms with Gasteiger partial charge in [0.1, 0.15) is 18.5 Å². The summed E-state index contributed by atoms with van der Waals surface area (Å²) in [5, 5.41) is 12.0. The monoisotopic (exact) mass is 502 g/mol. The van der Waals surface area contributed by atoms with E-state index in [0.29, 0.717) is 11.6 Å². The second-order valence-electron chi connectivity index (χ2n) is 9.51. The number of aliphatic imine (C=N–C) groups is 1. The molecule has 3 heterocycles. The van der Waals surface area contributed by atoms with Gasteiger partial charge in [0.25, 0.3) is 0 Å². The van der Waals surface area contributed by atoms with Crippen LogP contribution in [0.1, 0.15) is 45.9 Å². The summed E-state index contributed by atoms with van der Waals surface area (Å²) in [5.41, 5.74) is 4.57. The smallest absolute Gasteiger partial charge is 0.408 e. The van der Waals surface area contributed by atoms with E-state index in [0.717, 1.165) is 17.0 Å². The van der Waals surface area contributed by atoms with Gasteiger partial charge in [-0.05, 0) is 46.8 Å². The molecular formula is C23H31ClN8O3. The van der Waals surface area contributed by atoms with E-state index in [2.05, 4.69) is 31.1 Å². The molecule has 1 aliphatic heterocycles. The number of hydrogen-bond donors (Lipinski definition) is 3. The molecule has 0 spiro atoms. The van der Waals surface area contributed by atoms with E-state index in [1.807, 2.05) is 25.1 Å². The lowest BCUT2D eigenvalue weighted by Gasteiger charge is -2.34. The van der Waals surface area contributed by atoms with Gasteiger partial charge in [-0.15, -0.1) is 0 Å². The van der Waals surface area contributed by atoms with Crippen LogP contribution in [0.2, 0.25) is 5.02 Å². The van der Waals surface area contributed by atoms with Gasteiger partial charge >= 0.3 is 6.09 Å². The first-order chi connectivity index (χ1) is 16.4. The van der Waals surface area contributed by atoms with Gasteiger partial charge in [0, 0.05) is 24.5 Å². The van der Waals surface area contributed by atoms with Crippen molar-refractivity contribution in [1.82, 2.24) is 35.8 Å². The molecule has 3 rings (SSSR count). The van der Waals surface area contributed by atoms with Gasteiger partial charge < -0.3 is 15.4 Å². The zero-order valence-corrected chi connectivity index (χ0v) is 21.3. The van der Waals surface area contributed by atoms with Crippen LogP contribution >= 0.6 is 11.6 Å². The number of amides is 2. The minimum Gasteiger partial charge on any atom is -0.444 e. The molecular weight excluding hydrogens is 472 g/mol. The van der Waals surface area contributed by atoms with Crippen LogP contribution in [-0.4, -0.2) is 56.8 Å². The van der Waals surface area contributed by atoms with E-state index in [1.54, 1.807) is 62.5 Å². The Kier molecular flexibility index (Phi) is 8.13. The van der Waals surface area contributed by atoms with E-state index in [9.17, 15) is 9.59 Å². The summed E-state index contributed by atoms with van der Waals surface area (Å²) >= 11 is 6.33. The van der Waals surface area contributed by atoms with Crippen LogP contribution < -0.4 is 16.1 Å². The van der Waals surface area contributed by atoms with Gasteiger partial charge in [-0.3, -0.25) is 14.8 Å². The van der Waals surface area contributed by atoms with Crippen LogP contribution in [0.4, 0.5) is 4.79 Å². The Hall–Kier alpha value is -3.44. The number of rotatable bonds is 8. The largest absolute Gasteiger partial charge is 0.444 e. The number of alkyl carbamates (subject to hydrolysis) is 1. The Bertz CT molecular complexity index is 1120. The number of nitrogens with one attached hydrogen (secondary N) is 3. The summed E-state index contributed by atoms with van der Waals surface area (Å²) < 4.78 is 6.81. The van der Waals surface area contributed by atoms with E-state index in [1.165, 1.54) is 0 Å². The Morgan fingerprint density at radius 1 is 1.20 bits per heavy atom. The molecule has 1 aliphatic rings. The van der Waals surface area contributed by atoms with Gasteiger partial charge in [0.15, 0.2) is 0 Å². The molecule has 0 aromatic carbocycles. The van der Waals surface area contributed by atoms with Gasteiger partial charge in [0.05, 0.1) is 40.9 Å². The Labute approximate surface area is 209 Å². The molecule has 2 amide bonds. The zero-order valence-electron chi connectivity index (χ0n) is 20.5. The normalized spacial score (nSPS) is 13.9. The van der Waals surface area contributed by atoms with Crippen LogP contribution in [0.25, 0.3) is 5.70 Å². The summed E-state index contributed by atoms with van der Waals surface area (Å²) in [6, 6.07) is 3.60. The van der Waals surface area contributed by atoms with Crippen LogP contribution in [0.15, 0.2) is 41.9 Å². The number of carbonyl (C=O) groups excluding carboxylic acids is 2. The van der Waals surface area contributed by atoms with Gasteiger partial charge in [0.2, 0.25) is 5.91 Å². The molecule has 0 unspecified atom stereocenters. The van der Waals surface area contributed by atoms with E-state index < -0.39 is 17.2 Å². The van der Waals surface area contributed by atoms with Crippen LogP contribution in [0.5, 0.6) is 0 Å². The number of hydrogen-bond acceptors (Lipinski definition) is 8. The number of aromatic nitrogens is 3. The second-order valence-corrected chi connectivity index (χ2v) is 9.92. The molecule has 2 aromatic rings. The number of ether oxygens (including phenoxy) is 1. The van der Waals surface area contributed by atoms with Crippen molar-refractivity contribution in [3.05, 3.63) is 53.2 Å². The quantitative estimate of drug-likeness (QED) is 0.506. The topological polar surface area (TPSA) is 126 Å². The molecule has 0 bridgehead atoms. The van der Waals surface area contributed by atoms with Gasteiger partial charge in [-0.25, -0.2) is 19.9 Å². The minimum absolute atomic E-state index is 0.181. The minimum atomic E-state index is -0.642. The zero-order chi connectivity index (χ0) is 25.6. The summed E-state index contributed by atoms with van der Waals surface area (Å²) in [6.45, 7) is 9.80. The third-order valence-corrected chi connectivity index (χ3v) is 5.05. The van der Waals surface area contributed by atoms with Crippen molar-refractivity contribution in [3.63, 3.8) is 0 Å². The molecule has 188 valence electrons. The van der Waals surface area contributed by atoms with Crippen molar-refractivity contribution in [2.45, 2.75) is 52.3 Å². The first-order valence-corrected chi connectivity index (χ1v) is 11.5. The van der Waals surface area contributed by atoms with Crippen molar-refractivity contribution < 1.29 is 14.3 Å².